The molecule has 2 amide bonds. The Bertz CT molecular complexity index is 961. The van der Waals surface area contributed by atoms with Gasteiger partial charge in [0.25, 0.3) is 0 Å². The summed E-state index contributed by atoms with van der Waals surface area (Å²) in [5.41, 5.74) is 0.764. The number of rotatable bonds is 3. The average Bonchev–Trinajstić information content (AvgIpc) is 2.63. The fourth-order valence-corrected chi connectivity index (χ4v) is 3.23. The quantitative estimate of drug-likeness (QED) is 0.595. The van der Waals surface area contributed by atoms with Crippen molar-refractivity contribution in [3.63, 3.8) is 0 Å². The molecule has 1 aliphatic heterocycles. The molecule has 0 aliphatic carbocycles. The van der Waals surface area contributed by atoms with Crippen molar-refractivity contribution < 1.29 is 31.9 Å². The smallest absolute Gasteiger partial charge is 0.406 e. The van der Waals surface area contributed by atoms with Gasteiger partial charge in [-0.25, -0.2) is 9.18 Å². The number of amides is 2. The summed E-state index contributed by atoms with van der Waals surface area (Å²) in [4.78, 5) is 25.8. The Labute approximate surface area is 171 Å². The maximum absolute atomic E-state index is 13.2. The molecule has 0 bridgehead atoms. The molecule has 1 heterocycles. The molecule has 0 saturated heterocycles. The van der Waals surface area contributed by atoms with Gasteiger partial charge in [0.1, 0.15) is 11.6 Å². The summed E-state index contributed by atoms with van der Waals surface area (Å²) in [7, 11) is 0. The molecule has 152 valence electrons. The van der Waals surface area contributed by atoms with E-state index in [0.717, 1.165) is 12.1 Å². The molecule has 29 heavy (non-hydrogen) atoms. The van der Waals surface area contributed by atoms with Crippen LogP contribution < -0.4 is 10.1 Å². The number of anilines is 1. The minimum absolute atomic E-state index is 0.00901. The van der Waals surface area contributed by atoms with Crippen molar-refractivity contribution in [1.29, 1.82) is 0 Å². The Hall–Kier alpha value is -2.88. The summed E-state index contributed by atoms with van der Waals surface area (Å²) in [6.07, 6.45) is -2.27. The second-order valence-electron chi connectivity index (χ2n) is 6.08. The fraction of sp³-hybridized carbons (Fsp3) is 0.158. The SMILES string of the molecule is O=C1C=CN(C(=O)Nc2ccc(OC(F)(F)F)cc2Br)C(c2ccc(F)cc2)C1. The van der Waals surface area contributed by atoms with Crippen molar-refractivity contribution >= 4 is 33.4 Å². The first kappa shape index (κ1) is 20.8. The Kier molecular flexibility index (Phi) is 5.92. The van der Waals surface area contributed by atoms with Crippen LogP contribution in [0.4, 0.5) is 28.0 Å². The molecule has 0 saturated carbocycles. The van der Waals surface area contributed by atoms with Crippen LogP contribution in [0.2, 0.25) is 0 Å². The topological polar surface area (TPSA) is 58.6 Å². The van der Waals surface area contributed by atoms with Gasteiger partial charge >= 0.3 is 12.4 Å². The van der Waals surface area contributed by atoms with Crippen LogP contribution >= 0.6 is 15.9 Å². The Morgan fingerprint density at radius 2 is 1.86 bits per heavy atom. The molecule has 0 radical (unpaired) electrons. The highest BCUT2D eigenvalue weighted by atomic mass is 79.9. The van der Waals surface area contributed by atoms with Crippen molar-refractivity contribution in [2.75, 3.05) is 5.32 Å². The Morgan fingerprint density at radius 3 is 2.48 bits per heavy atom. The van der Waals surface area contributed by atoms with E-state index in [9.17, 15) is 27.2 Å². The van der Waals surface area contributed by atoms with Gasteiger partial charge in [0.2, 0.25) is 0 Å². The molecule has 1 atom stereocenters. The number of nitrogens with one attached hydrogen (secondary N) is 1. The van der Waals surface area contributed by atoms with Crippen molar-refractivity contribution in [2.24, 2.45) is 0 Å². The first-order valence-corrected chi connectivity index (χ1v) is 9.03. The Balaban J connectivity index is 1.80. The molecule has 2 aromatic carbocycles. The molecule has 2 aromatic rings. The molecular weight excluding hydrogens is 460 g/mol. The van der Waals surface area contributed by atoms with Gasteiger partial charge in [-0.05, 0) is 57.9 Å². The first-order valence-electron chi connectivity index (χ1n) is 8.23. The van der Waals surface area contributed by atoms with E-state index in [1.807, 2.05) is 0 Å². The largest absolute Gasteiger partial charge is 0.573 e. The summed E-state index contributed by atoms with van der Waals surface area (Å²) in [6, 6.07) is 7.51. The third-order valence-electron chi connectivity index (χ3n) is 4.06. The number of alkyl halides is 3. The van der Waals surface area contributed by atoms with Gasteiger partial charge in [-0.3, -0.25) is 9.69 Å². The van der Waals surface area contributed by atoms with Gasteiger partial charge in [0.15, 0.2) is 5.78 Å². The number of ketones is 1. The minimum Gasteiger partial charge on any atom is -0.406 e. The summed E-state index contributed by atoms with van der Waals surface area (Å²) in [6.45, 7) is 0. The van der Waals surface area contributed by atoms with E-state index in [0.29, 0.717) is 5.56 Å². The maximum Gasteiger partial charge on any atom is 0.573 e. The van der Waals surface area contributed by atoms with E-state index in [1.165, 1.54) is 47.5 Å². The molecule has 0 aromatic heterocycles. The fourth-order valence-electron chi connectivity index (χ4n) is 2.77. The van der Waals surface area contributed by atoms with Crippen LogP contribution in [0, 0.1) is 5.82 Å². The van der Waals surface area contributed by atoms with Crippen LogP contribution in [0.25, 0.3) is 0 Å². The van der Waals surface area contributed by atoms with Crippen molar-refractivity contribution in [3.05, 3.63) is 70.6 Å². The zero-order valence-electron chi connectivity index (χ0n) is 14.5. The predicted octanol–water partition coefficient (Wildman–Crippen LogP) is 5.55. The number of carbonyl (C=O) groups excluding carboxylic acids is 2. The molecule has 3 rings (SSSR count). The molecule has 1 aliphatic rings. The van der Waals surface area contributed by atoms with Gasteiger partial charge in [0.05, 0.1) is 11.7 Å². The van der Waals surface area contributed by atoms with E-state index in [1.54, 1.807) is 0 Å². The van der Waals surface area contributed by atoms with Crippen LogP contribution in [-0.2, 0) is 4.79 Å². The van der Waals surface area contributed by atoms with Crippen molar-refractivity contribution in [2.45, 2.75) is 18.8 Å². The highest BCUT2D eigenvalue weighted by Gasteiger charge is 2.32. The van der Waals surface area contributed by atoms with Gasteiger partial charge < -0.3 is 10.1 Å². The van der Waals surface area contributed by atoms with Crippen molar-refractivity contribution in [1.82, 2.24) is 4.90 Å². The lowest BCUT2D eigenvalue weighted by atomic mass is 9.97. The zero-order valence-corrected chi connectivity index (χ0v) is 16.1. The monoisotopic (exact) mass is 472 g/mol. The van der Waals surface area contributed by atoms with Gasteiger partial charge in [-0.2, -0.15) is 0 Å². The van der Waals surface area contributed by atoms with E-state index in [4.69, 9.17) is 0 Å². The lowest BCUT2D eigenvalue weighted by Gasteiger charge is -2.31. The third-order valence-corrected chi connectivity index (χ3v) is 4.71. The number of allylic oxidation sites excluding steroid dienone is 1. The van der Waals surface area contributed by atoms with E-state index < -0.39 is 30.0 Å². The van der Waals surface area contributed by atoms with Crippen molar-refractivity contribution in [3.8, 4) is 5.75 Å². The summed E-state index contributed by atoms with van der Waals surface area (Å²) in [5.74, 6) is -1.10. The number of urea groups is 1. The van der Waals surface area contributed by atoms with Crippen LogP contribution in [0.15, 0.2) is 59.2 Å². The lowest BCUT2D eigenvalue weighted by Crippen LogP contribution is -2.37. The molecule has 0 fully saturated rings. The van der Waals surface area contributed by atoms with E-state index in [2.05, 4.69) is 26.0 Å². The standard InChI is InChI=1S/C19H13BrF4N2O3/c20-15-10-14(29-19(22,23)24)5-6-16(15)25-18(28)26-8-7-13(27)9-17(26)11-1-3-12(21)4-2-11/h1-8,10,17H,9H2,(H,25,28). The molecule has 10 heteroatoms. The van der Waals surface area contributed by atoms with Crippen LogP contribution in [0.5, 0.6) is 5.75 Å². The van der Waals surface area contributed by atoms with Crippen LogP contribution in [0.3, 0.4) is 0 Å². The second kappa shape index (κ2) is 8.24. The number of ether oxygens (including phenoxy) is 1. The highest BCUT2D eigenvalue weighted by molar-refractivity contribution is 9.10. The second-order valence-corrected chi connectivity index (χ2v) is 6.93. The number of hydrogen-bond acceptors (Lipinski definition) is 3. The van der Waals surface area contributed by atoms with Gasteiger partial charge in [0, 0.05) is 17.1 Å². The van der Waals surface area contributed by atoms with Crippen LogP contribution in [0.1, 0.15) is 18.0 Å². The lowest BCUT2D eigenvalue weighted by molar-refractivity contribution is -0.274. The number of halogens is 5. The molecular formula is C19H13BrF4N2O3. The normalized spacial score (nSPS) is 16.7. The van der Waals surface area contributed by atoms with E-state index >= 15 is 0 Å². The number of carbonyl (C=O) groups is 2. The highest BCUT2D eigenvalue weighted by Crippen LogP contribution is 2.33. The summed E-state index contributed by atoms with van der Waals surface area (Å²) in [5, 5.41) is 2.56. The molecule has 0 spiro atoms. The molecule has 1 N–H and O–H groups in total. The van der Waals surface area contributed by atoms with Crippen LogP contribution in [-0.4, -0.2) is 23.1 Å². The number of hydrogen-bond donors (Lipinski definition) is 1. The summed E-state index contributed by atoms with van der Waals surface area (Å²) >= 11 is 3.09. The van der Waals surface area contributed by atoms with Gasteiger partial charge in [-0.1, -0.05) is 12.1 Å². The zero-order chi connectivity index (χ0) is 21.2. The maximum atomic E-state index is 13.2. The van der Waals surface area contributed by atoms with E-state index in [-0.39, 0.29) is 22.4 Å². The molecule has 1 unspecified atom stereocenters. The number of nitrogens with zero attached hydrogens (tertiary/aromatic N) is 1. The van der Waals surface area contributed by atoms with Gasteiger partial charge in [-0.15, -0.1) is 13.2 Å². The summed E-state index contributed by atoms with van der Waals surface area (Å²) < 4.78 is 54.1. The predicted molar refractivity (Wildman–Crippen MR) is 99.6 cm³/mol. The average molecular weight is 473 g/mol. The number of benzene rings is 2. The Morgan fingerprint density at radius 1 is 1.17 bits per heavy atom. The molecule has 5 nitrogen and oxygen atoms in total. The first-order chi connectivity index (χ1) is 13.6. The third kappa shape index (κ3) is 5.35. The minimum atomic E-state index is -4.84.